The van der Waals surface area contributed by atoms with Gasteiger partial charge in [0, 0.05) is 12.1 Å². The van der Waals surface area contributed by atoms with E-state index in [-0.39, 0.29) is 38.5 Å². The van der Waals surface area contributed by atoms with Gasteiger partial charge in [0.05, 0.1) is 33.3 Å². The quantitative estimate of drug-likeness (QED) is 0.108. The van der Waals surface area contributed by atoms with Crippen LogP contribution >= 0.6 is 23.2 Å². The average Bonchev–Trinajstić information content (AvgIpc) is 2.85. The number of nitrogens with zero attached hydrogens (tertiary/aromatic N) is 2. The highest BCUT2D eigenvalue weighted by atomic mass is 35.5. The summed E-state index contributed by atoms with van der Waals surface area (Å²) in [5.41, 5.74) is -0.0955. The number of amides is 1. The number of nitro benzene ring substituents is 1. The SMILES string of the molecule is COc1ccc(/C=C(\C#N)C(=O)Nc2c(Cl)cc([N+](=O)[O-])cc2Cl)cc1OC(=O)c1ccccc1. The van der Waals surface area contributed by atoms with Crippen molar-refractivity contribution in [3.8, 4) is 17.6 Å². The molecule has 0 saturated heterocycles. The van der Waals surface area contributed by atoms with Crippen LogP contribution in [0.3, 0.4) is 0 Å². The second-order valence-corrected chi connectivity index (χ2v) is 7.65. The van der Waals surface area contributed by atoms with E-state index in [9.17, 15) is 25.0 Å². The van der Waals surface area contributed by atoms with Gasteiger partial charge in [0.1, 0.15) is 11.6 Å². The topological polar surface area (TPSA) is 132 Å². The molecule has 0 heterocycles. The van der Waals surface area contributed by atoms with Gasteiger partial charge in [0.2, 0.25) is 0 Å². The van der Waals surface area contributed by atoms with Crippen LogP contribution in [0, 0.1) is 21.4 Å². The van der Waals surface area contributed by atoms with Crippen molar-refractivity contribution in [2.24, 2.45) is 0 Å². The minimum Gasteiger partial charge on any atom is -0.493 e. The summed E-state index contributed by atoms with van der Waals surface area (Å²) in [6, 6.07) is 16.6. The summed E-state index contributed by atoms with van der Waals surface area (Å²) >= 11 is 12.0. The maximum Gasteiger partial charge on any atom is 0.343 e. The van der Waals surface area contributed by atoms with Crippen LogP contribution < -0.4 is 14.8 Å². The van der Waals surface area contributed by atoms with Gasteiger partial charge in [-0.15, -0.1) is 0 Å². The smallest absolute Gasteiger partial charge is 0.343 e. The minimum absolute atomic E-state index is 0.0780. The van der Waals surface area contributed by atoms with Crippen LogP contribution in [0.15, 0.2) is 66.2 Å². The second-order valence-electron chi connectivity index (χ2n) is 6.83. The first-order chi connectivity index (χ1) is 16.7. The number of nitrogens with one attached hydrogen (secondary N) is 1. The highest BCUT2D eigenvalue weighted by Gasteiger charge is 2.19. The molecule has 0 atom stereocenters. The molecule has 0 spiro atoms. The number of benzene rings is 3. The van der Waals surface area contributed by atoms with Crippen molar-refractivity contribution in [2.45, 2.75) is 0 Å². The third-order valence-electron chi connectivity index (χ3n) is 4.55. The van der Waals surface area contributed by atoms with E-state index in [0.717, 1.165) is 12.1 Å². The number of non-ortho nitro benzene ring substituents is 1. The Labute approximate surface area is 209 Å². The molecule has 0 fully saturated rings. The second kappa shape index (κ2) is 11.2. The summed E-state index contributed by atoms with van der Waals surface area (Å²) < 4.78 is 10.7. The summed E-state index contributed by atoms with van der Waals surface area (Å²) in [4.78, 5) is 35.4. The predicted molar refractivity (Wildman–Crippen MR) is 130 cm³/mol. The first-order valence-corrected chi connectivity index (χ1v) is 10.5. The largest absolute Gasteiger partial charge is 0.493 e. The fraction of sp³-hybridized carbons (Fsp3) is 0.0417. The summed E-state index contributed by atoms with van der Waals surface area (Å²) in [5, 5.41) is 22.5. The molecular formula is C24H15Cl2N3O6. The van der Waals surface area contributed by atoms with Gasteiger partial charge in [-0.3, -0.25) is 14.9 Å². The van der Waals surface area contributed by atoms with Gasteiger partial charge in [0.15, 0.2) is 11.5 Å². The van der Waals surface area contributed by atoms with E-state index in [1.807, 2.05) is 0 Å². The Morgan fingerprint density at radius 2 is 1.71 bits per heavy atom. The van der Waals surface area contributed by atoms with Crippen molar-refractivity contribution in [1.82, 2.24) is 0 Å². The number of ether oxygens (including phenoxy) is 2. The Morgan fingerprint density at radius 3 is 2.29 bits per heavy atom. The van der Waals surface area contributed by atoms with Gasteiger partial charge in [-0.25, -0.2) is 4.79 Å². The van der Waals surface area contributed by atoms with Gasteiger partial charge in [0.25, 0.3) is 11.6 Å². The number of hydrogen-bond acceptors (Lipinski definition) is 7. The van der Waals surface area contributed by atoms with Crippen LogP contribution in [0.25, 0.3) is 6.08 Å². The zero-order valence-corrected chi connectivity index (χ0v) is 19.5. The number of carbonyl (C=O) groups excluding carboxylic acids is 2. The van der Waals surface area contributed by atoms with Crippen molar-refractivity contribution < 1.29 is 24.0 Å². The van der Waals surface area contributed by atoms with Crippen LogP contribution in [0.5, 0.6) is 11.5 Å². The van der Waals surface area contributed by atoms with E-state index in [4.69, 9.17) is 32.7 Å². The Balaban J connectivity index is 1.88. The van der Waals surface area contributed by atoms with Crippen LogP contribution in [0.2, 0.25) is 10.0 Å². The van der Waals surface area contributed by atoms with Gasteiger partial charge < -0.3 is 14.8 Å². The molecule has 0 aromatic heterocycles. The molecule has 0 unspecified atom stereocenters. The number of rotatable bonds is 7. The number of anilines is 1. The first kappa shape index (κ1) is 25.2. The lowest BCUT2D eigenvalue weighted by atomic mass is 10.1. The number of carbonyl (C=O) groups is 2. The molecule has 0 radical (unpaired) electrons. The average molecular weight is 512 g/mol. The molecule has 11 heteroatoms. The standard InChI is InChI=1S/C24H15Cl2N3O6/c1-34-20-8-7-14(10-21(20)35-24(31)15-5-3-2-4-6-15)9-16(13-27)23(30)28-22-18(25)11-17(29(32)33)12-19(22)26/h2-12H,1H3,(H,28,30)/b16-9+. The Kier molecular flexibility index (Phi) is 8.04. The third-order valence-corrected chi connectivity index (χ3v) is 5.15. The predicted octanol–water partition coefficient (Wildman–Crippen LogP) is 5.68. The normalized spacial score (nSPS) is 10.7. The molecule has 9 nitrogen and oxygen atoms in total. The molecule has 3 aromatic carbocycles. The minimum atomic E-state index is -0.858. The molecule has 0 aliphatic heterocycles. The molecule has 0 saturated carbocycles. The lowest BCUT2D eigenvalue weighted by molar-refractivity contribution is -0.384. The number of halogens is 2. The maximum atomic E-state index is 12.7. The third kappa shape index (κ3) is 6.14. The fourth-order valence-electron chi connectivity index (χ4n) is 2.88. The van der Waals surface area contributed by atoms with E-state index in [1.165, 1.54) is 25.3 Å². The van der Waals surface area contributed by atoms with Gasteiger partial charge in [-0.05, 0) is 35.9 Å². The molecule has 3 rings (SSSR count). The fourth-order valence-corrected chi connectivity index (χ4v) is 3.45. The summed E-state index contributed by atoms with van der Waals surface area (Å²) in [5.74, 6) is -1.14. The van der Waals surface area contributed by atoms with Crippen molar-refractivity contribution >= 4 is 52.5 Å². The Morgan fingerprint density at radius 1 is 1.06 bits per heavy atom. The summed E-state index contributed by atoms with van der Waals surface area (Å²) in [7, 11) is 1.40. The number of hydrogen-bond donors (Lipinski definition) is 1. The molecule has 0 aliphatic rings. The van der Waals surface area contributed by atoms with Crippen molar-refractivity contribution in [1.29, 1.82) is 5.26 Å². The first-order valence-electron chi connectivity index (χ1n) is 9.75. The molecule has 0 aliphatic carbocycles. The zero-order valence-electron chi connectivity index (χ0n) is 18.0. The van der Waals surface area contributed by atoms with Crippen molar-refractivity contribution in [3.63, 3.8) is 0 Å². The molecular weight excluding hydrogens is 497 g/mol. The van der Waals surface area contributed by atoms with Gasteiger partial charge in [-0.1, -0.05) is 47.5 Å². The van der Waals surface area contributed by atoms with Crippen LogP contribution in [-0.2, 0) is 4.79 Å². The monoisotopic (exact) mass is 511 g/mol. The van der Waals surface area contributed by atoms with Gasteiger partial charge >= 0.3 is 5.97 Å². The number of methoxy groups -OCH3 is 1. The molecule has 3 aromatic rings. The van der Waals surface area contributed by atoms with E-state index in [2.05, 4.69) is 5.32 Å². The maximum absolute atomic E-state index is 12.7. The van der Waals surface area contributed by atoms with E-state index in [0.29, 0.717) is 11.1 Å². The van der Waals surface area contributed by atoms with Gasteiger partial charge in [-0.2, -0.15) is 5.26 Å². The number of esters is 1. The van der Waals surface area contributed by atoms with E-state index in [1.54, 1.807) is 42.5 Å². The summed E-state index contributed by atoms with van der Waals surface area (Å²) in [6.45, 7) is 0. The number of nitriles is 1. The van der Waals surface area contributed by atoms with Crippen LogP contribution in [0.1, 0.15) is 15.9 Å². The van der Waals surface area contributed by atoms with Crippen molar-refractivity contribution in [2.75, 3.05) is 12.4 Å². The highest BCUT2D eigenvalue weighted by Crippen LogP contribution is 2.35. The lowest BCUT2D eigenvalue weighted by Gasteiger charge is -2.11. The molecule has 35 heavy (non-hydrogen) atoms. The van der Waals surface area contributed by atoms with Crippen LogP contribution in [0.4, 0.5) is 11.4 Å². The van der Waals surface area contributed by atoms with Crippen LogP contribution in [-0.4, -0.2) is 23.9 Å². The molecule has 176 valence electrons. The van der Waals surface area contributed by atoms with E-state index < -0.39 is 16.8 Å². The number of nitro groups is 1. The molecule has 1 N–H and O–H groups in total. The van der Waals surface area contributed by atoms with Crippen molar-refractivity contribution in [3.05, 3.63) is 97.5 Å². The Bertz CT molecular complexity index is 1360. The zero-order chi connectivity index (χ0) is 25.5. The molecule has 0 bridgehead atoms. The lowest BCUT2D eigenvalue weighted by Crippen LogP contribution is -2.14. The summed E-state index contributed by atoms with van der Waals surface area (Å²) in [6.07, 6.45) is 1.25. The van der Waals surface area contributed by atoms with E-state index >= 15 is 0 Å². The Hall–Kier alpha value is -4.39. The highest BCUT2D eigenvalue weighted by molar-refractivity contribution is 6.40. The molecule has 1 amide bonds.